The molecule has 2 rings (SSSR count). The molecule has 0 aliphatic rings. The maximum Gasteiger partial charge on any atom is 0.373 e. The number of carboxylic acids is 1. The third-order valence-electron chi connectivity index (χ3n) is 2.90. The average Bonchev–Trinajstić information content (AvgIpc) is 2.76. The fraction of sp³-hybridized carbons (Fsp3) is 0.333. The molecule has 20 heavy (non-hydrogen) atoms. The van der Waals surface area contributed by atoms with Gasteiger partial charge in [-0.1, -0.05) is 13.8 Å². The lowest BCUT2D eigenvalue weighted by Gasteiger charge is -2.00. The second-order valence-electron chi connectivity index (χ2n) is 5.16. The van der Waals surface area contributed by atoms with Crippen LogP contribution >= 0.6 is 0 Å². The van der Waals surface area contributed by atoms with Gasteiger partial charge in [-0.15, -0.1) is 0 Å². The molecule has 1 aromatic heterocycles. The molecule has 0 fully saturated rings. The van der Waals surface area contributed by atoms with Crippen LogP contribution in [0.2, 0.25) is 0 Å². The van der Waals surface area contributed by atoms with Gasteiger partial charge in [-0.05, 0) is 43.0 Å². The van der Waals surface area contributed by atoms with E-state index in [1.165, 1.54) is 12.1 Å². The first-order valence-electron chi connectivity index (χ1n) is 6.38. The van der Waals surface area contributed by atoms with Crippen LogP contribution in [0.5, 0.6) is 0 Å². The Morgan fingerprint density at radius 2 is 2.15 bits per heavy atom. The molecule has 0 spiro atoms. The minimum absolute atomic E-state index is 0.143. The van der Waals surface area contributed by atoms with E-state index in [1.54, 1.807) is 13.0 Å². The van der Waals surface area contributed by atoms with Crippen molar-refractivity contribution < 1.29 is 18.7 Å². The van der Waals surface area contributed by atoms with E-state index in [0.717, 1.165) is 0 Å². The molecule has 106 valence electrons. The second kappa shape index (κ2) is 5.45. The van der Waals surface area contributed by atoms with Crippen molar-refractivity contribution in [2.75, 3.05) is 0 Å². The maximum atomic E-state index is 13.3. The van der Waals surface area contributed by atoms with Crippen molar-refractivity contribution in [1.29, 1.82) is 0 Å². The third-order valence-corrected chi connectivity index (χ3v) is 2.90. The summed E-state index contributed by atoms with van der Waals surface area (Å²) >= 11 is 0. The summed E-state index contributed by atoms with van der Waals surface area (Å²) in [4.78, 5) is 15.4. The normalized spacial score (nSPS) is 11.1. The highest BCUT2D eigenvalue weighted by Crippen LogP contribution is 2.25. The van der Waals surface area contributed by atoms with Gasteiger partial charge in [0.1, 0.15) is 5.82 Å². The zero-order valence-corrected chi connectivity index (χ0v) is 11.6. The largest absolute Gasteiger partial charge is 0.475 e. The quantitative estimate of drug-likeness (QED) is 0.925. The molecule has 4 nitrogen and oxygen atoms in total. The number of aromatic carboxylic acids is 1. The van der Waals surface area contributed by atoms with Gasteiger partial charge >= 0.3 is 5.97 Å². The molecule has 5 heteroatoms. The zero-order valence-electron chi connectivity index (χ0n) is 11.6. The van der Waals surface area contributed by atoms with Gasteiger partial charge in [-0.2, -0.15) is 0 Å². The van der Waals surface area contributed by atoms with Gasteiger partial charge in [0.15, 0.2) is 0 Å². The number of halogens is 1. The van der Waals surface area contributed by atoms with E-state index >= 15 is 0 Å². The van der Waals surface area contributed by atoms with Gasteiger partial charge in [0.25, 0.3) is 0 Å². The lowest BCUT2D eigenvalue weighted by Crippen LogP contribution is -2.03. The van der Waals surface area contributed by atoms with Gasteiger partial charge < -0.3 is 9.52 Å². The summed E-state index contributed by atoms with van der Waals surface area (Å²) < 4.78 is 18.6. The Labute approximate surface area is 116 Å². The molecule has 2 aromatic rings. The van der Waals surface area contributed by atoms with Crippen molar-refractivity contribution in [2.45, 2.75) is 27.2 Å². The molecule has 1 heterocycles. The summed E-state index contributed by atoms with van der Waals surface area (Å²) in [7, 11) is 0. The highest BCUT2D eigenvalue weighted by Gasteiger charge is 2.21. The highest BCUT2D eigenvalue weighted by molar-refractivity contribution is 5.86. The van der Waals surface area contributed by atoms with E-state index in [1.807, 2.05) is 13.8 Å². The van der Waals surface area contributed by atoms with Gasteiger partial charge in [0, 0.05) is 5.56 Å². The van der Waals surface area contributed by atoms with Gasteiger partial charge in [-0.25, -0.2) is 14.2 Å². The number of hydrogen-bond donors (Lipinski definition) is 1. The van der Waals surface area contributed by atoms with Crippen LogP contribution in [0.25, 0.3) is 11.5 Å². The summed E-state index contributed by atoms with van der Waals surface area (Å²) in [6.45, 7) is 5.58. The van der Waals surface area contributed by atoms with E-state index in [9.17, 15) is 9.18 Å². The first kappa shape index (κ1) is 14.2. The van der Waals surface area contributed by atoms with E-state index in [-0.39, 0.29) is 23.4 Å². The smallest absolute Gasteiger partial charge is 0.373 e. The Kier molecular flexibility index (Phi) is 3.88. The predicted molar refractivity (Wildman–Crippen MR) is 72.1 cm³/mol. The van der Waals surface area contributed by atoms with Gasteiger partial charge in [0.2, 0.25) is 11.7 Å². The molecule has 0 radical (unpaired) electrons. The Balaban J connectivity index is 2.46. The average molecular weight is 277 g/mol. The second-order valence-corrected chi connectivity index (χ2v) is 5.16. The molecule has 1 aromatic carbocycles. The summed E-state index contributed by atoms with van der Waals surface area (Å²) in [5, 5.41) is 9.14. The summed E-state index contributed by atoms with van der Waals surface area (Å²) in [6, 6.07) is 4.43. The first-order valence-corrected chi connectivity index (χ1v) is 6.38. The number of rotatable bonds is 4. The van der Waals surface area contributed by atoms with Crippen LogP contribution in [-0.2, 0) is 6.42 Å². The number of oxazole rings is 1. The molecule has 1 N–H and O–H groups in total. The molecule has 0 aliphatic heterocycles. The minimum atomic E-state index is -1.14. The van der Waals surface area contributed by atoms with Crippen LogP contribution in [0.1, 0.15) is 35.7 Å². The molecule has 0 aliphatic carbocycles. The van der Waals surface area contributed by atoms with E-state index in [0.29, 0.717) is 23.2 Å². The molecular formula is C15H16FNO3. The molecule has 0 atom stereocenters. The number of aryl methyl sites for hydroxylation is 1. The summed E-state index contributed by atoms with van der Waals surface area (Å²) in [5.41, 5.74) is 1.45. The standard InChI is InChI=1S/C15H16FNO3/c1-8(2)6-12-13(15(18)19)20-14(17-12)10-4-5-11(16)9(3)7-10/h4-5,7-8H,6H2,1-3H3,(H,18,19). The fourth-order valence-corrected chi connectivity index (χ4v) is 1.95. The van der Waals surface area contributed by atoms with E-state index in [2.05, 4.69) is 4.98 Å². The number of benzene rings is 1. The van der Waals surface area contributed by atoms with Crippen LogP contribution in [0.15, 0.2) is 22.6 Å². The number of aromatic nitrogens is 1. The van der Waals surface area contributed by atoms with Gasteiger partial charge in [-0.3, -0.25) is 0 Å². The molecule has 0 saturated carbocycles. The minimum Gasteiger partial charge on any atom is -0.475 e. The maximum absolute atomic E-state index is 13.3. The monoisotopic (exact) mass is 277 g/mol. The van der Waals surface area contributed by atoms with Gasteiger partial charge in [0.05, 0.1) is 5.69 Å². The van der Waals surface area contributed by atoms with Crippen LogP contribution in [0.3, 0.4) is 0 Å². The van der Waals surface area contributed by atoms with Crippen molar-refractivity contribution in [3.63, 3.8) is 0 Å². The molecule has 0 unspecified atom stereocenters. The lowest BCUT2D eigenvalue weighted by atomic mass is 10.1. The molecule has 0 saturated heterocycles. The molecule has 0 amide bonds. The van der Waals surface area contributed by atoms with Crippen LogP contribution < -0.4 is 0 Å². The van der Waals surface area contributed by atoms with E-state index < -0.39 is 5.97 Å². The van der Waals surface area contributed by atoms with Crippen molar-refractivity contribution in [3.8, 4) is 11.5 Å². The number of carbonyl (C=O) groups is 1. The van der Waals surface area contributed by atoms with Crippen LogP contribution in [0.4, 0.5) is 4.39 Å². The fourth-order valence-electron chi connectivity index (χ4n) is 1.95. The highest BCUT2D eigenvalue weighted by atomic mass is 19.1. The number of nitrogens with zero attached hydrogens (tertiary/aromatic N) is 1. The number of hydrogen-bond acceptors (Lipinski definition) is 3. The van der Waals surface area contributed by atoms with Crippen molar-refractivity contribution in [3.05, 3.63) is 41.0 Å². The Morgan fingerprint density at radius 3 is 2.70 bits per heavy atom. The predicted octanol–water partition coefficient (Wildman–Crippen LogP) is 3.69. The Bertz CT molecular complexity index is 647. The SMILES string of the molecule is Cc1cc(-c2nc(CC(C)C)c(C(=O)O)o2)ccc1F. The zero-order chi connectivity index (χ0) is 14.9. The third kappa shape index (κ3) is 2.87. The summed E-state index contributed by atoms with van der Waals surface area (Å²) in [5.74, 6) is -1.13. The Hall–Kier alpha value is -2.17. The topological polar surface area (TPSA) is 63.3 Å². The van der Waals surface area contributed by atoms with Crippen molar-refractivity contribution >= 4 is 5.97 Å². The van der Waals surface area contributed by atoms with Crippen molar-refractivity contribution in [2.24, 2.45) is 5.92 Å². The van der Waals surface area contributed by atoms with Crippen LogP contribution in [-0.4, -0.2) is 16.1 Å². The lowest BCUT2D eigenvalue weighted by molar-refractivity contribution is 0.0661. The molecular weight excluding hydrogens is 261 g/mol. The Morgan fingerprint density at radius 1 is 1.45 bits per heavy atom. The molecule has 0 bridgehead atoms. The number of carboxylic acid groups (broad SMARTS) is 1. The summed E-state index contributed by atoms with van der Waals surface area (Å²) in [6.07, 6.45) is 0.519. The first-order chi connectivity index (χ1) is 9.38. The van der Waals surface area contributed by atoms with Crippen LogP contribution in [0, 0.1) is 18.7 Å². The van der Waals surface area contributed by atoms with Crippen molar-refractivity contribution in [1.82, 2.24) is 4.98 Å². The van der Waals surface area contributed by atoms with E-state index in [4.69, 9.17) is 9.52 Å².